The molecule has 1 N–H and O–H groups in total. The first-order valence-electron chi connectivity index (χ1n) is 11.4. The number of nitrogens with one attached hydrogen (secondary N) is 1. The molecular weight excluding hydrogens is 416 g/mol. The lowest BCUT2D eigenvalue weighted by atomic mass is 10.0. The Labute approximate surface area is 193 Å². The Morgan fingerprint density at radius 1 is 1.22 bits per heavy atom. The van der Waals surface area contributed by atoms with Gasteiger partial charge in [-0.3, -0.25) is 0 Å². The molecule has 1 aliphatic heterocycles. The Kier molecular flexibility index (Phi) is 8.39. The lowest BCUT2D eigenvalue weighted by molar-refractivity contribution is 0.214. The Morgan fingerprint density at radius 3 is 2.59 bits per heavy atom. The molecule has 7 nitrogen and oxygen atoms in total. The van der Waals surface area contributed by atoms with Crippen LogP contribution in [0.5, 0.6) is 0 Å². The largest absolute Gasteiger partial charge is 0.385 e. The van der Waals surface area contributed by atoms with Crippen LogP contribution in [0.2, 0.25) is 25.7 Å². The first-order valence-corrected chi connectivity index (χ1v) is 15.1. The third-order valence-corrected chi connectivity index (χ3v) is 7.65. The molecule has 0 aliphatic carbocycles. The van der Waals surface area contributed by atoms with E-state index in [1.807, 2.05) is 24.8 Å². The summed E-state index contributed by atoms with van der Waals surface area (Å²) in [5.74, 6) is 0. The van der Waals surface area contributed by atoms with Crippen molar-refractivity contribution < 1.29 is 4.74 Å². The topological polar surface area (TPSA) is 70.2 Å². The van der Waals surface area contributed by atoms with Gasteiger partial charge in [0.1, 0.15) is 12.0 Å². The molecule has 1 saturated heterocycles. The predicted octanol–water partition coefficient (Wildman–Crippen LogP) is 4.52. The van der Waals surface area contributed by atoms with Gasteiger partial charge in [0.15, 0.2) is 0 Å². The summed E-state index contributed by atoms with van der Waals surface area (Å²) in [5, 5.41) is 1.16. The van der Waals surface area contributed by atoms with Crippen LogP contribution in [-0.4, -0.2) is 79.9 Å². The number of hydrogen-bond donors (Lipinski definition) is 1. The van der Waals surface area contributed by atoms with Gasteiger partial charge in [0.05, 0.1) is 5.39 Å². The van der Waals surface area contributed by atoms with Gasteiger partial charge >= 0.3 is 0 Å². The van der Waals surface area contributed by atoms with Crippen LogP contribution in [0, 0.1) is 0 Å². The van der Waals surface area contributed by atoms with Crippen molar-refractivity contribution in [2.75, 3.05) is 45.8 Å². The van der Waals surface area contributed by atoms with Gasteiger partial charge in [-0.15, -0.1) is 0 Å². The van der Waals surface area contributed by atoms with Crippen LogP contribution in [0.3, 0.4) is 0 Å². The van der Waals surface area contributed by atoms with Crippen molar-refractivity contribution in [1.29, 1.82) is 0 Å². The summed E-state index contributed by atoms with van der Waals surface area (Å²) < 4.78 is 4.95. The molecule has 0 saturated carbocycles. The smallest absolute Gasteiger partial charge is 0.139 e. The van der Waals surface area contributed by atoms with E-state index in [4.69, 9.17) is 4.74 Å². The van der Waals surface area contributed by atoms with Crippen LogP contribution in [-0.2, 0) is 4.74 Å². The molecule has 3 aromatic rings. The minimum absolute atomic E-state index is 0.587. The second-order valence-corrected chi connectivity index (χ2v) is 15.5. The maximum absolute atomic E-state index is 4.95. The van der Waals surface area contributed by atoms with Gasteiger partial charge in [-0.2, -0.15) is 0 Å². The number of aromatic nitrogens is 4. The number of H-pyrrole nitrogens is 1. The lowest BCUT2D eigenvalue weighted by Gasteiger charge is -2.37. The number of likely N-dealkylation sites (N-methyl/N-ethyl adjacent to an activating group) is 1. The standard InChI is InChI=1S/C18H22N6.C6H16OSi/c1-23(2)14-4-3-7-24(11-14)16-5-6-21-18-17(16)15(10-22-18)13-8-19-12-20-9-13;1-7-5-6-8(2,3)4/h5-6,8-10,12,14H,3-4,7,11H2,1-2H3,(H,21,22);5-6H2,1-4H3/t14-;/m0./s1. The van der Waals surface area contributed by atoms with Gasteiger partial charge in [0, 0.05) is 82.5 Å². The molecule has 174 valence electrons. The number of ether oxygens (including phenoxy) is 1. The Morgan fingerprint density at radius 2 is 1.97 bits per heavy atom. The molecule has 0 aromatic carbocycles. The normalized spacial score (nSPS) is 16.8. The Balaban J connectivity index is 0.000000312. The van der Waals surface area contributed by atoms with Crippen molar-refractivity contribution in [2.45, 2.75) is 44.6 Å². The second-order valence-electron chi connectivity index (χ2n) is 9.89. The highest BCUT2D eigenvalue weighted by Gasteiger charge is 2.24. The van der Waals surface area contributed by atoms with E-state index in [9.17, 15) is 0 Å². The van der Waals surface area contributed by atoms with Gasteiger partial charge in [-0.1, -0.05) is 19.6 Å². The average molecular weight is 455 g/mol. The van der Waals surface area contributed by atoms with E-state index < -0.39 is 8.07 Å². The van der Waals surface area contributed by atoms with Gasteiger partial charge in [0.2, 0.25) is 0 Å². The molecule has 1 fully saturated rings. The van der Waals surface area contributed by atoms with Crippen LogP contribution < -0.4 is 4.90 Å². The van der Waals surface area contributed by atoms with E-state index in [1.165, 1.54) is 24.6 Å². The number of methoxy groups -OCH3 is 1. The second kappa shape index (κ2) is 11.0. The van der Waals surface area contributed by atoms with E-state index in [-0.39, 0.29) is 0 Å². The van der Waals surface area contributed by atoms with Crippen molar-refractivity contribution in [1.82, 2.24) is 24.8 Å². The number of hydrogen-bond acceptors (Lipinski definition) is 6. The molecule has 0 bridgehead atoms. The molecule has 32 heavy (non-hydrogen) atoms. The first kappa shape index (κ1) is 24.4. The zero-order valence-corrected chi connectivity index (χ0v) is 21.4. The van der Waals surface area contributed by atoms with E-state index in [1.54, 1.807) is 13.4 Å². The fraction of sp³-hybridized carbons (Fsp3) is 0.542. The van der Waals surface area contributed by atoms with Crippen LogP contribution in [0.1, 0.15) is 12.8 Å². The number of rotatable bonds is 6. The summed E-state index contributed by atoms with van der Waals surface area (Å²) in [6, 6.07) is 4.00. The highest BCUT2D eigenvalue weighted by Crippen LogP contribution is 2.35. The number of nitrogens with zero attached hydrogens (tertiary/aromatic N) is 5. The summed E-state index contributed by atoms with van der Waals surface area (Å²) in [5.41, 5.74) is 4.28. The minimum Gasteiger partial charge on any atom is -0.385 e. The van der Waals surface area contributed by atoms with Crippen molar-refractivity contribution in [3.8, 4) is 11.1 Å². The molecule has 4 rings (SSSR count). The van der Waals surface area contributed by atoms with Crippen molar-refractivity contribution >= 4 is 24.8 Å². The van der Waals surface area contributed by atoms with E-state index >= 15 is 0 Å². The zero-order valence-electron chi connectivity index (χ0n) is 20.4. The van der Waals surface area contributed by atoms with Crippen LogP contribution in [0.4, 0.5) is 5.69 Å². The average Bonchev–Trinajstić information content (AvgIpc) is 3.23. The molecular formula is C24H38N6OSi. The van der Waals surface area contributed by atoms with Crippen molar-refractivity contribution in [3.63, 3.8) is 0 Å². The molecule has 8 heteroatoms. The zero-order chi connectivity index (χ0) is 23.1. The quantitative estimate of drug-likeness (QED) is 0.552. The summed E-state index contributed by atoms with van der Waals surface area (Å²) in [6.45, 7) is 10.1. The summed E-state index contributed by atoms with van der Waals surface area (Å²) in [6.07, 6.45) is 11.6. The lowest BCUT2D eigenvalue weighted by Crippen LogP contribution is -2.45. The van der Waals surface area contributed by atoms with Crippen LogP contribution in [0.25, 0.3) is 22.2 Å². The molecule has 1 atom stereocenters. The number of aromatic amines is 1. The van der Waals surface area contributed by atoms with Gasteiger partial charge in [0.25, 0.3) is 0 Å². The fourth-order valence-corrected chi connectivity index (χ4v) is 4.79. The van der Waals surface area contributed by atoms with Gasteiger partial charge in [-0.25, -0.2) is 15.0 Å². The van der Waals surface area contributed by atoms with Gasteiger partial charge in [-0.05, 0) is 39.0 Å². The third-order valence-electron chi connectivity index (χ3n) is 5.95. The van der Waals surface area contributed by atoms with Crippen LogP contribution in [0.15, 0.2) is 37.2 Å². The number of fused-ring (bicyclic) bond motifs is 1. The Hall–Kier alpha value is -2.29. The fourth-order valence-electron chi connectivity index (χ4n) is 3.97. The minimum atomic E-state index is -0.803. The number of pyridine rings is 1. The highest BCUT2D eigenvalue weighted by atomic mass is 28.3. The molecule has 0 radical (unpaired) electrons. The summed E-state index contributed by atoms with van der Waals surface area (Å²) >= 11 is 0. The number of piperidine rings is 1. The Bertz CT molecular complexity index is 970. The molecule has 0 amide bonds. The van der Waals surface area contributed by atoms with Crippen molar-refractivity contribution in [2.24, 2.45) is 0 Å². The van der Waals surface area contributed by atoms with Crippen LogP contribution >= 0.6 is 0 Å². The van der Waals surface area contributed by atoms with E-state index in [0.29, 0.717) is 6.04 Å². The first-order chi connectivity index (χ1) is 15.3. The van der Waals surface area contributed by atoms with E-state index in [0.717, 1.165) is 41.9 Å². The molecule has 1 aliphatic rings. The van der Waals surface area contributed by atoms with Crippen molar-refractivity contribution in [3.05, 3.63) is 37.2 Å². The maximum Gasteiger partial charge on any atom is 0.139 e. The molecule has 4 heterocycles. The SMILES string of the molecule is CN(C)[C@H]1CCCN(c2ccnc3[nH]cc(-c4cncnc4)c23)C1.COCC[Si](C)(C)C. The monoisotopic (exact) mass is 454 g/mol. The van der Waals surface area contributed by atoms with E-state index in [2.05, 4.69) is 69.5 Å². The molecule has 0 spiro atoms. The molecule has 0 unspecified atom stereocenters. The predicted molar refractivity (Wildman–Crippen MR) is 136 cm³/mol. The summed E-state index contributed by atoms with van der Waals surface area (Å²) in [4.78, 5) is 20.9. The highest BCUT2D eigenvalue weighted by molar-refractivity contribution is 6.76. The molecule has 3 aromatic heterocycles. The third kappa shape index (κ3) is 6.37. The maximum atomic E-state index is 4.95. The number of anilines is 1. The summed E-state index contributed by atoms with van der Waals surface area (Å²) in [7, 11) is 5.29. The van der Waals surface area contributed by atoms with Gasteiger partial charge < -0.3 is 19.5 Å².